The van der Waals surface area contributed by atoms with Gasteiger partial charge in [-0.05, 0) is 0 Å². The topological polar surface area (TPSA) is 193 Å². The molecule has 17 heavy (non-hydrogen) atoms. The quantitative estimate of drug-likeness (QED) is 0.164. The van der Waals surface area contributed by atoms with E-state index in [1.54, 1.807) is 0 Å². The Morgan fingerprint density at radius 1 is 0.882 bits per heavy atom. The van der Waals surface area contributed by atoms with Gasteiger partial charge in [0.1, 0.15) is 0 Å². The van der Waals surface area contributed by atoms with Gasteiger partial charge >= 0.3 is 126 Å². The molecule has 0 aliphatic heterocycles. The van der Waals surface area contributed by atoms with Crippen molar-refractivity contribution < 1.29 is 163 Å². The van der Waals surface area contributed by atoms with Crippen LogP contribution in [0.3, 0.4) is 0 Å². The van der Waals surface area contributed by atoms with Crippen LogP contribution in [0.1, 0.15) is 11.2 Å². The second-order valence-electron chi connectivity index (χ2n) is 1.55. The van der Waals surface area contributed by atoms with Crippen LogP contribution in [0.5, 0.6) is 0 Å². The fraction of sp³-hybridized carbons (Fsp3) is 0.500. The standard InChI is InChI=1S/C2H4O2.K.2Na.2H3O4P.3H/c1-2(3)4;;;;2*1-5(2,3)4;;;/h1H3,(H,3,4);;;;2*(H3,1,2,3,4);;;/q;3*+1;;;3*-1. The predicted molar refractivity (Wildman–Crippen MR) is 45.2 cm³/mol. The smallest absolute Gasteiger partial charge is 1.00 e. The molecule has 0 heterocycles. The molecule has 0 aliphatic carbocycles. The Labute approximate surface area is 188 Å². The predicted octanol–water partition coefficient (Wildman–Crippen LogP) is -10.4. The average Bonchev–Trinajstić information content (AvgIpc) is 1.45. The molecule has 0 unspecified atom stereocenters. The first-order valence-electron chi connectivity index (χ1n) is 2.49. The van der Waals surface area contributed by atoms with Crippen LogP contribution >= 0.6 is 15.6 Å². The SMILES string of the molecule is CC(=O)O.O=P(O)(O)O.O=P(O)(O)O.[H-].[H-].[H-].[K+].[Na+].[Na+]. The van der Waals surface area contributed by atoms with Crippen molar-refractivity contribution in [2.75, 3.05) is 0 Å². The van der Waals surface area contributed by atoms with Gasteiger partial charge in [0, 0.05) is 6.92 Å². The summed E-state index contributed by atoms with van der Waals surface area (Å²) < 4.78 is 17.8. The van der Waals surface area contributed by atoms with Crippen molar-refractivity contribution in [2.45, 2.75) is 6.92 Å². The minimum atomic E-state index is -4.64. The van der Waals surface area contributed by atoms with Gasteiger partial charge in [0.05, 0.1) is 0 Å². The summed E-state index contributed by atoms with van der Waals surface area (Å²) in [6, 6.07) is 0. The van der Waals surface area contributed by atoms with Crippen molar-refractivity contribution in [3.05, 3.63) is 0 Å². The maximum Gasteiger partial charge on any atom is 1.00 e. The van der Waals surface area contributed by atoms with Crippen molar-refractivity contribution in [3.63, 3.8) is 0 Å². The van der Waals surface area contributed by atoms with E-state index in [1.165, 1.54) is 0 Å². The van der Waals surface area contributed by atoms with E-state index in [0.29, 0.717) is 0 Å². The van der Waals surface area contributed by atoms with Gasteiger partial charge in [-0.2, -0.15) is 0 Å². The summed E-state index contributed by atoms with van der Waals surface area (Å²) >= 11 is 0. The molecular formula is C2H13KNa2O10P2. The minimum Gasteiger partial charge on any atom is -1.00 e. The number of rotatable bonds is 0. The zero-order valence-electron chi connectivity index (χ0n) is 12.7. The number of hydrogen-bond donors (Lipinski definition) is 7. The van der Waals surface area contributed by atoms with Crippen LogP contribution in [0.2, 0.25) is 0 Å². The van der Waals surface area contributed by atoms with Gasteiger partial charge in [-0.1, -0.05) is 0 Å². The van der Waals surface area contributed by atoms with Crippen LogP contribution in [0.4, 0.5) is 0 Å². The Hall–Kier alpha value is 3.33. The van der Waals surface area contributed by atoms with Gasteiger partial charge < -0.3 is 38.7 Å². The molecule has 0 rings (SSSR count). The van der Waals surface area contributed by atoms with Crippen molar-refractivity contribution in [1.82, 2.24) is 0 Å². The first kappa shape index (κ1) is 37.0. The molecule has 0 amide bonds. The third-order valence-corrected chi connectivity index (χ3v) is 0. The van der Waals surface area contributed by atoms with Crippen molar-refractivity contribution in [3.8, 4) is 0 Å². The van der Waals surface area contributed by atoms with E-state index in [-0.39, 0.29) is 115 Å². The number of carboxylic acid groups (broad SMARTS) is 1. The van der Waals surface area contributed by atoms with E-state index in [1.807, 2.05) is 0 Å². The average molecular weight is 344 g/mol. The largest absolute Gasteiger partial charge is 1.00 e. The van der Waals surface area contributed by atoms with Crippen molar-refractivity contribution >= 4 is 21.6 Å². The molecule has 0 aromatic carbocycles. The summed E-state index contributed by atoms with van der Waals surface area (Å²) in [6.45, 7) is 1.08. The Balaban J connectivity index is -0.0000000113. The molecule has 0 saturated heterocycles. The Morgan fingerprint density at radius 3 is 0.882 bits per heavy atom. The summed E-state index contributed by atoms with van der Waals surface area (Å²) in [5.41, 5.74) is 0. The molecule has 0 radical (unpaired) electrons. The molecule has 0 atom stereocenters. The first-order valence-corrected chi connectivity index (χ1v) is 5.62. The van der Waals surface area contributed by atoms with E-state index in [4.69, 9.17) is 48.4 Å². The minimum absolute atomic E-state index is 0. The van der Waals surface area contributed by atoms with E-state index < -0.39 is 21.6 Å². The molecule has 0 bridgehead atoms. The third kappa shape index (κ3) is 524. The van der Waals surface area contributed by atoms with Crippen molar-refractivity contribution in [2.24, 2.45) is 0 Å². The molecule has 0 aromatic rings. The fourth-order valence-electron chi connectivity index (χ4n) is 0. The number of phosphoric acid groups is 2. The second kappa shape index (κ2) is 19.3. The molecule has 94 valence electrons. The number of carbonyl (C=O) groups is 1. The Kier molecular flexibility index (Phi) is 42.1. The Morgan fingerprint density at radius 2 is 0.882 bits per heavy atom. The molecule has 0 saturated carbocycles. The van der Waals surface area contributed by atoms with E-state index >= 15 is 0 Å². The van der Waals surface area contributed by atoms with Gasteiger partial charge in [0.15, 0.2) is 0 Å². The van der Waals surface area contributed by atoms with Gasteiger partial charge in [-0.15, -0.1) is 0 Å². The molecule has 0 spiro atoms. The van der Waals surface area contributed by atoms with E-state index in [2.05, 4.69) is 0 Å². The van der Waals surface area contributed by atoms with E-state index in [9.17, 15) is 0 Å². The molecule has 0 fully saturated rings. The summed E-state index contributed by atoms with van der Waals surface area (Å²) in [7, 11) is -9.28. The third-order valence-electron chi connectivity index (χ3n) is 0. The summed E-state index contributed by atoms with van der Waals surface area (Å²) in [6.07, 6.45) is 0. The van der Waals surface area contributed by atoms with Crippen molar-refractivity contribution in [1.29, 1.82) is 0 Å². The fourth-order valence-corrected chi connectivity index (χ4v) is 0. The van der Waals surface area contributed by atoms with Crippen LogP contribution in [-0.4, -0.2) is 40.4 Å². The normalized spacial score (nSPS) is 8.41. The second-order valence-corrected chi connectivity index (χ2v) is 3.60. The number of carboxylic acids is 1. The molecule has 0 aliphatic rings. The first-order chi connectivity index (χ1) is 5.73. The van der Waals surface area contributed by atoms with Crippen LogP contribution in [0.25, 0.3) is 0 Å². The maximum atomic E-state index is 9.00. The van der Waals surface area contributed by atoms with Crippen LogP contribution in [-0.2, 0) is 13.9 Å². The van der Waals surface area contributed by atoms with Gasteiger partial charge in [-0.3, -0.25) is 4.79 Å². The molecule has 10 nitrogen and oxygen atoms in total. The molecular weight excluding hydrogens is 331 g/mol. The van der Waals surface area contributed by atoms with Crippen LogP contribution in [0, 0.1) is 0 Å². The summed E-state index contributed by atoms with van der Waals surface area (Å²) in [5, 5.41) is 7.42. The van der Waals surface area contributed by atoms with Gasteiger partial charge in [0.2, 0.25) is 0 Å². The molecule has 0 aromatic heterocycles. The monoisotopic (exact) mass is 344 g/mol. The van der Waals surface area contributed by atoms with Gasteiger partial charge in [-0.25, -0.2) is 9.13 Å². The molecule has 7 N–H and O–H groups in total. The zero-order chi connectivity index (χ0) is 12.6. The van der Waals surface area contributed by atoms with Crippen LogP contribution < -0.4 is 110 Å². The maximum absolute atomic E-state index is 9.00. The zero-order valence-corrected chi connectivity index (χ0v) is 18.7. The number of hydrogen-bond acceptors (Lipinski definition) is 3. The Bertz CT molecular complexity index is 218. The van der Waals surface area contributed by atoms with E-state index in [0.717, 1.165) is 6.92 Å². The molecule has 15 heteroatoms. The summed E-state index contributed by atoms with van der Waals surface area (Å²) in [4.78, 5) is 52.1. The summed E-state index contributed by atoms with van der Waals surface area (Å²) in [5.74, 6) is -0.833. The van der Waals surface area contributed by atoms with Crippen LogP contribution in [0.15, 0.2) is 0 Å². The number of aliphatic carboxylic acids is 1. The van der Waals surface area contributed by atoms with Gasteiger partial charge in [0.25, 0.3) is 5.97 Å².